The van der Waals surface area contributed by atoms with Crippen LogP contribution < -0.4 is 20.5 Å². The van der Waals surface area contributed by atoms with Crippen molar-refractivity contribution in [3.8, 4) is 11.5 Å². The first-order valence-corrected chi connectivity index (χ1v) is 7.62. The molecule has 5 nitrogen and oxygen atoms in total. The summed E-state index contributed by atoms with van der Waals surface area (Å²) in [6.45, 7) is 1.76. The zero-order valence-corrected chi connectivity index (χ0v) is 16.1. The van der Waals surface area contributed by atoms with E-state index in [4.69, 9.17) is 15.2 Å². The lowest BCUT2D eigenvalue weighted by Gasteiger charge is -2.09. The van der Waals surface area contributed by atoms with Crippen LogP contribution in [0.3, 0.4) is 0 Å². The monoisotopic (exact) mass is 441 g/mol. The number of nitrogens with one attached hydrogen (secondary N) is 1. The molecular weight excluding hydrogens is 417 g/mol. The number of nitrogens with zero attached hydrogens (tertiary/aromatic N) is 1. The molecule has 0 aliphatic carbocycles. The molecule has 0 saturated heterocycles. The molecule has 0 atom stereocenters. The smallest absolute Gasteiger partial charge is 0.188 e. The standard InChI is InChI=1S/C18H23N3O2.HI/c1-22-16-8-5-9-17(14-16)23-13-12-21-18(19)20-11-10-15-6-3-2-4-7-15;/h2-9,14H,10-13H2,1H3,(H3,19,20,21);1H. The van der Waals surface area contributed by atoms with Crippen molar-refractivity contribution < 1.29 is 9.47 Å². The Morgan fingerprint density at radius 1 is 1.08 bits per heavy atom. The van der Waals surface area contributed by atoms with Gasteiger partial charge in [-0.25, -0.2) is 0 Å². The largest absolute Gasteiger partial charge is 0.497 e. The molecule has 0 unspecified atom stereocenters. The summed E-state index contributed by atoms with van der Waals surface area (Å²) in [4.78, 5) is 4.30. The number of aliphatic imine (C=N–C) groups is 1. The van der Waals surface area contributed by atoms with Gasteiger partial charge in [0, 0.05) is 12.6 Å². The van der Waals surface area contributed by atoms with Gasteiger partial charge in [-0.1, -0.05) is 36.4 Å². The molecule has 0 bridgehead atoms. The summed E-state index contributed by atoms with van der Waals surface area (Å²) in [5.74, 6) is 1.98. The van der Waals surface area contributed by atoms with Crippen molar-refractivity contribution >= 4 is 29.9 Å². The van der Waals surface area contributed by atoms with Gasteiger partial charge in [0.15, 0.2) is 5.96 Å². The van der Waals surface area contributed by atoms with Crippen LogP contribution in [-0.2, 0) is 6.42 Å². The quantitative estimate of drug-likeness (QED) is 0.286. The van der Waals surface area contributed by atoms with Gasteiger partial charge in [0.1, 0.15) is 18.1 Å². The molecule has 0 radical (unpaired) electrons. The van der Waals surface area contributed by atoms with E-state index in [1.54, 1.807) is 7.11 Å². The number of methoxy groups -OCH3 is 1. The zero-order valence-electron chi connectivity index (χ0n) is 13.8. The molecule has 2 aromatic carbocycles. The topological polar surface area (TPSA) is 68.9 Å². The van der Waals surface area contributed by atoms with E-state index in [9.17, 15) is 0 Å². The number of hydrogen-bond donors (Lipinski definition) is 2. The SMILES string of the molecule is COc1cccc(OCCNC(N)=NCCc2ccccc2)c1.I. The molecule has 2 rings (SSSR count). The number of rotatable bonds is 8. The Hall–Kier alpha value is -1.96. The Morgan fingerprint density at radius 3 is 2.58 bits per heavy atom. The van der Waals surface area contributed by atoms with Gasteiger partial charge in [0.25, 0.3) is 0 Å². The van der Waals surface area contributed by atoms with Gasteiger partial charge in [0.05, 0.1) is 13.7 Å². The fourth-order valence-corrected chi connectivity index (χ4v) is 2.04. The maximum atomic E-state index is 5.83. The summed E-state index contributed by atoms with van der Waals surface area (Å²) < 4.78 is 10.8. The third-order valence-electron chi connectivity index (χ3n) is 3.24. The molecule has 0 fully saturated rings. The fraction of sp³-hybridized carbons (Fsp3) is 0.278. The minimum absolute atomic E-state index is 0. The van der Waals surface area contributed by atoms with Crippen LogP contribution in [0, 0.1) is 0 Å². The lowest BCUT2D eigenvalue weighted by molar-refractivity contribution is 0.319. The van der Waals surface area contributed by atoms with Crippen molar-refractivity contribution in [1.29, 1.82) is 0 Å². The van der Waals surface area contributed by atoms with Crippen LogP contribution in [0.1, 0.15) is 5.56 Å². The fourth-order valence-electron chi connectivity index (χ4n) is 2.04. The van der Waals surface area contributed by atoms with Gasteiger partial charge in [-0.3, -0.25) is 4.99 Å². The molecule has 130 valence electrons. The summed E-state index contributed by atoms with van der Waals surface area (Å²) in [5, 5.41) is 3.04. The molecular formula is C18H24IN3O2. The predicted molar refractivity (Wildman–Crippen MR) is 109 cm³/mol. The van der Waals surface area contributed by atoms with Crippen molar-refractivity contribution in [2.45, 2.75) is 6.42 Å². The number of guanidine groups is 1. The van der Waals surface area contributed by atoms with Gasteiger partial charge >= 0.3 is 0 Å². The number of ether oxygens (including phenoxy) is 2. The second-order valence-electron chi connectivity index (χ2n) is 4.96. The van der Waals surface area contributed by atoms with Crippen molar-refractivity contribution in [3.63, 3.8) is 0 Å². The first-order chi connectivity index (χ1) is 11.3. The van der Waals surface area contributed by atoms with E-state index in [0.29, 0.717) is 25.7 Å². The number of halogens is 1. The second kappa shape index (κ2) is 11.6. The summed E-state index contributed by atoms with van der Waals surface area (Å²) in [5.41, 5.74) is 7.08. The van der Waals surface area contributed by atoms with Crippen LogP contribution in [0.4, 0.5) is 0 Å². The molecule has 0 aliphatic heterocycles. The molecule has 6 heteroatoms. The van der Waals surface area contributed by atoms with E-state index in [1.807, 2.05) is 42.5 Å². The average Bonchev–Trinajstić information content (AvgIpc) is 2.60. The van der Waals surface area contributed by atoms with Crippen molar-refractivity contribution in [2.24, 2.45) is 10.7 Å². The Balaban J connectivity index is 0.00000288. The number of hydrogen-bond acceptors (Lipinski definition) is 3. The number of benzene rings is 2. The Kier molecular flexibility index (Phi) is 9.67. The lowest BCUT2D eigenvalue weighted by Crippen LogP contribution is -2.34. The van der Waals surface area contributed by atoms with Crippen molar-refractivity contribution in [3.05, 3.63) is 60.2 Å². The van der Waals surface area contributed by atoms with E-state index in [2.05, 4.69) is 22.4 Å². The zero-order chi connectivity index (χ0) is 16.3. The van der Waals surface area contributed by atoms with Crippen molar-refractivity contribution in [2.75, 3.05) is 26.8 Å². The Labute approximate surface area is 160 Å². The van der Waals surface area contributed by atoms with E-state index >= 15 is 0 Å². The second-order valence-corrected chi connectivity index (χ2v) is 4.96. The predicted octanol–water partition coefficient (Wildman–Crippen LogP) is 2.84. The van der Waals surface area contributed by atoms with E-state index < -0.39 is 0 Å². The summed E-state index contributed by atoms with van der Waals surface area (Å²) in [6, 6.07) is 17.7. The van der Waals surface area contributed by atoms with E-state index in [1.165, 1.54) is 5.56 Å². The van der Waals surface area contributed by atoms with E-state index in [0.717, 1.165) is 17.9 Å². The highest BCUT2D eigenvalue weighted by Crippen LogP contribution is 2.18. The molecule has 0 aromatic heterocycles. The number of nitrogens with two attached hydrogens (primary N) is 1. The highest BCUT2D eigenvalue weighted by atomic mass is 127. The highest BCUT2D eigenvalue weighted by Gasteiger charge is 1.97. The molecule has 2 aromatic rings. The minimum Gasteiger partial charge on any atom is -0.497 e. The van der Waals surface area contributed by atoms with Gasteiger partial charge < -0.3 is 20.5 Å². The Morgan fingerprint density at radius 2 is 1.83 bits per heavy atom. The van der Waals surface area contributed by atoms with Crippen molar-refractivity contribution in [1.82, 2.24) is 5.32 Å². The van der Waals surface area contributed by atoms with Gasteiger partial charge in [0.2, 0.25) is 0 Å². The summed E-state index contributed by atoms with van der Waals surface area (Å²) >= 11 is 0. The van der Waals surface area contributed by atoms with Crippen LogP contribution >= 0.6 is 24.0 Å². The molecule has 0 aliphatic rings. The maximum absolute atomic E-state index is 5.83. The van der Waals surface area contributed by atoms with Crippen LogP contribution in [-0.4, -0.2) is 32.8 Å². The first-order valence-electron chi connectivity index (χ1n) is 7.62. The molecule has 24 heavy (non-hydrogen) atoms. The van der Waals surface area contributed by atoms with Crippen LogP contribution in [0.5, 0.6) is 11.5 Å². The molecule has 0 amide bonds. The molecule has 0 saturated carbocycles. The van der Waals surface area contributed by atoms with E-state index in [-0.39, 0.29) is 24.0 Å². The average molecular weight is 441 g/mol. The van der Waals surface area contributed by atoms with Gasteiger partial charge in [-0.2, -0.15) is 0 Å². The molecule has 3 N–H and O–H groups in total. The van der Waals surface area contributed by atoms with Gasteiger partial charge in [-0.05, 0) is 24.1 Å². The lowest BCUT2D eigenvalue weighted by atomic mass is 10.2. The van der Waals surface area contributed by atoms with Crippen LogP contribution in [0.25, 0.3) is 0 Å². The summed E-state index contributed by atoms with van der Waals surface area (Å²) in [6.07, 6.45) is 0.879. The highest BCUT2D eigenvalue weighted by molar-refractivity contribution is 14.0. The maximum Gasteiger partial charge on any atom is 0.188 e. The third-order valence-corrected chi connectivity index (χ3v) is 3.24. The normalized spacial score (nSPS) is 10.6. The third kappa shape index (κ3) is 7.54. The molecule has 0 heterocycles. The molecule has 0 spiro atoms. The first kappa shape index (κ1) is 20.1. The van der Waals surface area contributed by atoms with Crippen LogP contribution in [0.2, 0.25) is 0 Å². The van der Waals surface area contributed by atoms with Gasteiger partial charge in [-0.15, -0.1) is 24.0 Å². The van der Waals surface area contributed by atoms with Crippen LogP contribution in [0.15, 0.2) is 59.6 Å². The summed E-state index contributed by atoms with van der Waals surface area (Å²) in [7, 11) is 1.63. The Bertz CT molecular complexity index is 621. The minimum atomic E-state index is 0.